The van der Waals surface area contributed by atoms with Gasteiger partial charge in [-0.1, -0.05) is 0 Å². The van der Waals surface area contributed by atoms with Crippen molar-refractivity contribution in [2.75, 3.05) is 5.32 Å². The molecule has 0 fully saturated rings. The first-order valence-corrected chi connectivity index (χ1v) is 6.79. The van der Waals surface area contributed by atoms with Gasteiger partial charge in [-0.2, -0.15) is 0 Å². The summed E-state index contributed by atoms with van der Waals surface area (Å²) in [7, 11) is 0. The molecule has 0 spiro atoms. The van der Waals surface area contributed by atoms with Crippen molar-refractivity contribution in [2.24, 2.45) is 0 Å². The highest BCUT2D eigenvalue weighted by atomic mass is 79.9. The van der Waals surface area contributed by atoms with Crippen LogP contribution in [0.3, 0.4) is 0 Å². The van der Waals surface area contributed by atoms with Crippen LogP contribution in [0.5, 0.6) is 0 Å². The molecule has 1 heterocycles. The van der Waals surface area contributed by atoms with Crippen LogP contribution in [0.1, 0.15) is 17.8 Å². The van der Waals surface area contributed by atoms with Crippen molar-refractivity contribution in [3.63, 3.8) is 0 Å². The molecule has 2 rings (SSSR count). The van der Waals surface area contributed by atoms with Gasteiger partial charge in [0.05, 0.1) is 11.7 Å². The van der Waals surface area contributed by atoms with E-state index < -0.39 is 17.5 Å². The molecular weight excluding hydrogens is 327 g/mol. The third-order valence-electron chi connectivity index (χ3n) is 2.40. The lowest BCUT2D eigenvalue weighted by molar-refractivity contribution is 0.495. The van der Waals surface area contributed by atoms with Gasteiger partial charge in [-0.15, -0.1) is 11.3 Å². The number of thiophene rings is 1. The van der Waals surface area contributed by atoms with Crippen molar-refractivity contribution in [3.05, 3.63) is 50.4 Å². The minimum absolute atomic E-state index is 0.0501. The van der Waals surface area contributed by atoms with Gasteiger partial charge in [-0.25, -0.2) is 13.2 Å². The number of hydrogen-bond acceptors (Lipinski definition) is 2. The van der Waals surface area contributed by atoms with Crippen LogP contribution in [0, 0.1) is 17.5 Å². The minimum Gasteiger partial charge on any atom is -0.375 e. The molecular formula is C12H9BrF3NS. The fourth-order valence-corrected chi connectivity index (χ4v) is 2.95. The Morgan fingerprint density at radius 3 is 2.39 bits per heavy atom. The molecule has 0 aliphatic heterocycles. The maximum absolute atomic E-state index is 13.4. The Bertz CT molecular complexity index is 570. The Morgan fingerprint density at radius 2 is 1.78 bits per heavy atom. The first-order valence-electron chi connectivity index (χ1n) is 5.12. The van der Waals surface area contributed by atoms with E-state index in [0.717, 1.165) is 15.4 Å². The first kappa shape index (κ1) is 13.4. The minimum atomic E-state index is -1.19. The second-order valence-electron chi connectivity index (χ2n) is 3.78. The predicted octanol–water partition coefficient (Wildman–Crippen LogP) is 5.10. The number of nitrogens with one attached hydrogen (secondary N) is 1. The van der Waals surface area contributed by atoms with Crippen molar-refractivity contribution in [1.82, 2.24) is 0 Å². The SMILES string of the molecule is CC(Nc1cc(F)c(F)cc1F)c1cc(Br)cs1. The van der Waals surface area contributed by atoms with Gasteiger partial charge in [-0.3, -0.25) is 0 Å². The van der Waals surface area contributed by atoms with Crippen molar-refractivity contribution in [3.8, 4) is 0 Å². The Balaban J connectivity index is 2.21. The quantitative estimate of drug-likeness (QED) is 0.769. The molecule has 0 aliphatic carbocycles. The number of anilines is 1. The molecule has 1 unspecified atom stereocenters. The molecule has 18 heavy (non-hydrogen) atoms. The van der Waals surface area contributed by atoms with Gasteiger partial charge in [0.1, 0.15) is 5.82 Å². The zero-order chi connectivity index (χ0) is 13.3. The van der Waals surface area contributed by atoms with Gasteiger partial charge < -0.3 is 5.32 Å². The highest BCUT2D eigenvalue weighted by molar-refractivity contribution is 9.10. The second kappa shape index (κ2) is 5.32. The molecule has 0 radical (unpaired) electrons. The fourth-order valence-electron chi connectivity index (χ4n) is 1.49. The van der Waals surface area contributed by atoms with Crippen molar-refractivity contribution < 1.29 is 13.2 Å². The third-order valence-corrected chi connectivity index (χ3v) is 4.27. The fraction of sp³-hybridized carbons (Fsp3) is 0.167. The van der Waals surface area contributed by atoms with Gasteiger partial charge in [0.15, 0.2) is 11.6 Å². The molecule has 1 N–H and O–H groups in total. The highest BCUT2D eigenvalue weighted by Crippen LogP contribution is 2.29. The summed E-state index contributed by atoms with van der Waals surface area (Å²) >= 11 is 4.81. The number of halogens is 4. The average molecular weight is 336 g/mol. The van der Waals surface area contributed by atoms with E-state index >= 15 is 0 Å². The van der Waals surface area contributed by atoms with E-state index in [0.29, 0.717) is 6.07 Å². The molecule has 0 aliphatic rings. The van der Waals surface area contributed by atoms with Crippen LogP contribution in [0.25, 0.3) is 0 Å². The molecule has 1 aromatic heterocycles. The van der Waals surface area contributed by atoms with E-state index in [4.69, 9.17) is 0 Å². The first-order chi connectivity index (χ1) is 8.47. The van der Waals surface area contributed by atoms with Crippen LogP contribution in [0.15, 0.2) is 28.1 Å². The van der Waals surface area contributed by atoms with Gasteiger partial charge in [0.2, 0.25) is 0 Å². The zero-order valence-electron chi connectivity index (χ0n) is 9.31. The van der Waals surface area contributed by atoms with E-state index in [9.17, 15) is 13.2 Å². The summed E-state index contributed by atoms with van der Waals surface area (Å²) in [6, 6.07) is 3.05. The second-order valence-corrected chi connectivity index (χ2v) is 5.64. The molecule has 96 valence electrons. The van der Waals surface area contributed by atoms with Crippen LogP contribution >= 0.6 is 27.3 Å². The molecule has 0 saturated carbocycles. The summed E-state index contributed by atoms with van der Waals surface area (Å²) in [5.41, 5.74) is -0.0501. The molecule has 1 aromatic carbocycles. The Labute approximate surface area is 115 Å². The predicted molar refractivity (Wildman–Crippen MR) is 70.4 cm³/mol. The van der Waals surface area contributed by atoms with E-state index in [-0.39, 0.29) is 11.7 Å². The normalized spacial score (nSPS) is 12.5. The summed E-state index contributed by atoms with van der Waals surface area (Å²) < 4.78 is 40.2. The van der Waals surface area contributed by atoms with E-state index in [1.165, 1.54) is 11.3 Å². The third kappa shape index (κ3) is 2.87. The zero-order valence-corrected chi connectivity index (χ0v) is 11.7. The van der Waals surface area contributed by atoms with Crippen molar-refractivity contribution in [1.29, 1.82) is 0 Å². The van der Waals surface area contributed by atoms with Gasteiger partial charge in [0, 0.05) is 26.9 Å². The summed E-state index contributed by atoms with van der Waals surface area (Å²) in [6.45, 7) is 1.82. The van der Waals surface area contributed by atoms with Crippen LogP contribution in [0.4, 0.5) is 18.9 Å². The summed E-state index contributed by atoms with van der Waals surface area (Å²) in [5, 5.41) is 4.71. The Morgan fingerprint density at radius 1 is 1.11 bits per heavy atom. The molecule has 0 saturated heterocycles. The van der Waals surface area contributed by atoms with Crippen molar-refractivity contribution >= 4 is 33.0 Å². The summed E-state index contributed by atoms with van der Waals surface area (Å²) in [5.74, 6) is -3.07. The number of benzene rings is 1. The lowest BCUT2D eigenvalue weighted by Gasteiger charge is -2.14. The van der Waals surface area contributed by atoms with Gasteiger partial charge in [-0.05, 0) is 28.9 Å². The van der Waals surface area contributed by atoms with Gasteiger partial charge >= 0.3 is 0 Å². The largest absolute Gasteiger partial charge is 0.375 e. The highest BCUT2D eigenvalue weighted by Gasteiger charge is 2.13. The van der Waals surface area contributed by atoms with E-state index in [2.05, 4.69) is 21.2 Å². The molecule has 0 bridgehead atoms. The van der Waals surface area contributed by atoms with Crippen LogP contribution in [-0.4, -0.2) is 0 Å². The van der Waals surface area contributed by atoms with E-state index in [1.54, 1.807) is 0 Å². The molecule has 1 atom stereocenters. The average Bonchev–Trinajstić information content (AvgIpc) is 2.73. The van der Waals surface area contributed by atoms with Crippen molar-refractivity contribution in [2.45, 2.75) is 13.0 Å². The summed E-state index contributed by atoms with van der Waals surface area (Å²) in [6.07, 6.45) is 0. The lowest BCUT2D eigenvalue weighted by Crippen LogP contribution is -2.07. The topological polar surface area (TPSA) is 12.0 Å². The monoisotopic (exact) mass is 335 g/mol. The van der Waals surface area contributed by atoms with Crippen LogP contribution in [0.2, 0.25) is 0 Å². The number of hydrogen-bond donors (Lipinski definition) is 1. The molecule has 2 aromatic rings. The molecule has 0 amide bonds. The molecule has 6 heteroatoms. The molecule has 1 nitrogen and oxygen atoms in total. The maximum Gasteiger partial charge on any atom is 0.161 e. The Kier molecular flexibility index (Phi) is 3.97. The summed E-state index contributed by atoms with van der Waals surface area (Å²) in [4.78, 5) is 0.964. The Hall–Kier alpha value is -1.01. The van der Waals surface area contributed by atoms with E-state index in [1.807, 2.05) is 18.4 Å². The lowest BCUT2D eigenvalue weighted by atomic mass is 10.2. The van der Waals surface area contributed by atoms with Crippen LogP contribution in [-0.2, 0) is 0 Å². The standard InChI is InChI=1S/C12H9BrF3NS/c1-6(12-2-7(13)5-18-12)17-11-4-9(15)8(14)3-10(11)16/h2-6,17H,1H3. The maximum atomic E-state index is 13.4. The number of rotatable bonds is 3. The van der Waals surface area contributed by atoms with Crippen LogP contribution < -0.4 is 5.32 Å². The smallest absolute Gasteiger partial charge is 0.161 e. The van der Waals surface area contributed by atoms with Gasteiger partial charge in [0.25, 0.3) is 0 Å².